The first-order chi connectivity index (χ1) is 17.9. The Morgan fingerprint density at radius 3 is 2.57 bits per heavy atom. The molecule has 0 spiro atoms. The first-order valence-electron chi connectivity index (χ1n) is 12.5. The van der Waals surface area contributed by atoms with E-state index in [0.29, 0.717) is 35.5 Å². The number of hydrogen-bond donors (Lipinski definition) is 2. The number of nitrogens with one attached hydrogen (secondary N) is 1. The Balaban J connectivity index is 1.65. The maximum Gasteiger partial charge on any atom is 0.305 e. The summed E-state index contributed by atoms with van der Waals surface area (Å²) in [7, 11) is 0. The third-order valence-electron chi connectivity index (χ3n) is 6.46. The van der Waals surface area contributed by atoms with Gasteiger partial charge in [-0.05, 0) is 48.2 Å². The Bertz CT molecular complexity index is 1320. The molecule has 1 aliphatic rings. The molecule has 2 N–H and O–H groups in total. The smallest absolute Gasteiger partial charge is 0.305 e. The van der Waals surface area contributed by atoms with Gasteiger partial charge in [-0.15, -0.1) is 0 Å². The van der Waals surface area contributed by atoms with Gasteiger partial charge >= 0.3 is 5.97 Å². The van der Waals surface area contributed by atoms with Crippen molar-refractivity contribution in [1.29, 1.82) is 0 Å². The fraction of sp³-hybridized carbons (Fsp3) is 0.345. The molecule has 2 atom stereocenters. The van der Waals surface area contributed by atoms with Gasteiger partial charge in [-0.1, -0.05) is 56.2 Å². The molecular weight excluding hydrogens is 472 g/mol. The number of amides is 1. The van der Waals surface area contributed by atoms with E-state index in [1.165, 1.54) is 4.57 Å². The summed E-state index contributed by atoms with van der Waals surface area (Å²) in [6, 6.07) is 15.1. The molecule has 0 radical (unpaired) electrons. The molecule has 0 aliphatic carbocycles. The number of ether oxygens (including phenoxy) is 2. The van der Waals surface area contributed by atoms with Crippen molar-refractivity contribution in [2.45, 2.75) is 58.0 Å². The van der Waals surface area contributed by atoms with Gasteiger partial charge in [0.25, 0.3) is 5.56 Å². The zero-order valence-corrected chi connectivity index (χ0v) is 21.1. The average Bonchev–Trinajstić information content (AvgIpc) is 3.35. The summed E-state index contributed by atoms with van der Waals surface area (Å²) in [6.45, 7) is 4.02. The van der Waals surface area contributed by atoms with Crippen LogP contribution in [0.3, 0.4) is 0 Å². The SMILES string of the molecule is CCCCC(C(=O)N[C@H](CC(=O)O)c1ccc2c(c1)OCO2)n1cc(C)cc(Cc2ccccc2)c1=O. The molecule has 1 amide bonds. The van der Waals surface area contributed by atoms with Crippen molar-refractivity contribution in [1.82, 2.24) is 9.88 Å². The lowest BCUT2D eigenvalue weighted by molar-refractivity contribution is -0.138. The molecule has 0 bridgehead atoms. The zero-order chi connectivity index (χ0) is 26.4. The Morgan fingerprint density at radius 2 is 1.84 bits per heavy atom. The van der Waals surface area contributed by atoms with Crippen LogP contribution in [0.4, 0.5) is 0 Å². The highest BCUT2D eigenvalue weighted by molar-refractivity contribution is 5.81. The van der Waals surface area contributed by atoms with E-state index in [1.807, 2.05) is 50.2 Å². The van der Waals surface area contributed by atoms with E-state index in [-0.39, 0.29) is 18.8 Å². The van der Waals surface area contributed by atoms with Crippen LogP contribution in [0.25, 0.3) is 0 Å². The molecule has 8 heteroatoms. The molecule has 8 nitrogen and oxygen atoms in total. The highest BCUT2D eigenvalue weighted by Crippen LogP contribution is 2.35. The maximum atomic E-state index is 13.7. The molecule has 0 fully saturated rings. The Hall–Kier alpha value is -4.07. The van der Waals surface area contributed by atoms with Gasteiger partial charge in [0.05, 0.1) is 12.5 Å². The van der Waals surface area contributed by atoms with Crippen LogP contribution in [0.1, 0.15) is 66.9 Å². The Kier molecular flexibility index (Phi) is 8.28. The molecule has 2 aromatic carbocycles. The summed E-state index contributed by atoms with van der Waals surface area (Å²) in [5.41, 5.74) is 2.87. The van der Waals surface area contributed by atoms with Gasteiger partial charge < -0.3 is 24.5 Å². The molecular formula is C29H32N2O6. The zero-order valence-electron chi connectivity index (χ0n) is 21.1. The second kappa shape index (κ2) is 11.8. The number of rotatable bonds is 11. The summed E-state index contributed by atoms with van der Waals surface area (Å²) in [6.07, 6.45) is 3.90. The molecule has 0 saturated heterocycles. The number of aromatic nitrogens is 1. The topological polar surface area (TPSA) is 107 Å². The standard InChI is InChI=1S/C29H32N2O6/c1-3-4-10-24(31-17-19(2)13-22(29(31)35)14-20-8-6-5-7-9-20)28(34)30-23(16-27(32)33)21-11-12-25-26(15-21)37-18-36-25/h5-9,11-13,15,17,23-24H,3-4,10,14,16,18H2,1-2H3,(H,30,34)(H,32,33)/t23-,24?/m1/s1. The summed E-state index contributed by atoms with van der Waals surface area (Å²) >= 11 is 0. The van der Waals surface area contributed by atoms with Gasteiger partial charge in [0.1, 0.15) is 6.04 Å². The second-order valence-electron chi connectivity index (χ2n) is 9.35. The number of aliphatic carboxylic acids is 1. The van der Waals surface area contributed by atoms with Crippen LogP contribution in [0.2, 0.25) is 0 Å². The maximum absolute atomic E-state index is 13.7. The van der Waals surface area contributed by atoms with Gasteiger partial charge in [0.2, 0.25) is 12.7 Å². The summed E-state index contributed by atoms with van der Waals surface area (Å²) < 4.78 is 12.3. The number of nitrogens with zero attached hydrogens (tertiary/aromatic N) is 1. The van der Waals surface area contributed by atoms with Crippen LogP contribution in [-0.4, -0.2) is 28.3 Å². The Labute approximate surface area is 215 Å². The predicted octanol–water partition coefficient (Wildman–Crippen LogP) is 4.54. The number of hydrogen-bond acceptors (Lipinski definition) is 5. The first kappa shape index (κ1) is 26.0. The van der Waals surface area contributed by atoms with Gasteiger partial charge in [0, 0.05) is 18.2 Å². The number of aryl methyl sites for hydroxylation is 1. The first-order valence-corrected chi connectivity index (χ1v) is 12.5. The summed E-state index contributed by atoms with van der Waals surface area (Å²) in [5, 5.41) is 12.4. The highest BCUT2D eigenvalue weighted by Gasteiger charge is 2.27. The molecule has 4 rings (SSSR count). The molecule has 1 aliphatic heterocycles. The Morgan fingerprint density at radius 1 is 1.08 bits per heavy atom. The third kappa shape index (κ3) is 6.39. The number of unbranched alkanes of at least 4 members (excludes halogenated alkanes) is 1. The normalized spacial score (nSPS) is 13.7. The van der Waals surface area contributed by atoms with E-state index >= 15 is 0 Å². The van der Waals surface area contributed by atoms with Crippen LogP contribution < -0.4 is 20.3 Å². The van der Waals surface area contributed by atoms with Crippen LogP contribution >= 0.6 is 0 Å². The van der Waals surface area contributed by atoms with E-state index in [0.717, 1.165) is 24.0 Å². The molecule has 0 saturated carbocycles. The van der Waals surface area contributed by atoms with Crippen LogP contribution in [0.5, 0.6) is 11.5 Å². The molecule has 194 valence electrons. The fourth-order valence-corrected chi connectivity index (χ4v) is 4.61. The van der Waals surface area contributed by atoms with E-state index in [2.05, 4.69) is 5.32 Å². The van der Waals surface area contributed by atoms with E-state index in [9.17, 15) is 19.5 Å². The van der Waals surface area contributed by atoms with Crippen molar-refractivity contribution >= 4 is 11.9 Å². The number of benzene rings is 2. The monoisotopic (exact) mass is 504 g/mol. The van der Waals surface area contributed by atoms with Gasteiger partial charge in [-0.2, -0.15) is 0 Å². The number of fused-ring (bicyclic) bond motifs is 1. The lowest BCUT2D eigenvalue weighted by atomic mass is 10.0. The van der Waals surface area contributed by atoms with Gasteiger partial charge in [-0.3, -0.25) is 14.4 Å². The third-order valence-corrected chi connectivity index (χ3v) is 6.46. The van der Waals surface area contributed by atoms with E-state index in [1.54, 1.807) is 24.4 Å². The molecule has 1 aromatic heterocycles. The van der Waals surface area contributed by atoms with Crippen LogP contribution in [0.15, 0.2) is 65.6 Å². The minimum Gasteiger partial charge on any atom is -0.481 e. The summed E-state index contributed by atoms with van der Waals surface area (Å²) in [4.78, 5) is 38.9. The minimum atomic E-state index is -1.05. The number of carbonyl (C=O) groups excluding carboxylic acids is 1. The lowest BCUT2D eigenvalue weighted by Crippen LogP contribution is -2.40. The number of pyridine rings is 1. The second-order valence-corrected chi connectivity index (χ2v) is 9.35. The number of carboxylic acid groups (broad SMARTS) is 1. The van der Waals surface area contributed by atoms with Crippen molar-refractivity contribution in [2.24, 2.45) is 0 Å². The van der Waals surface area contributed by atoms with Gasteiger partial charge in [0.15, 0.2) is 11.5 Å². The van der Waals surface area contributed by atoms with E-state index < -0.39 is 24.0 Å². The quantitative estimate of drug-likeness (QED) is 0.397. The van der Waals surface area contributed by atoms with Gasteiger partial charge in [-0.25, -0.2) is 0 Å². The van der Waals surface area contributed by atoms with Crippen molar-refractivity contribution in [3.05, 3.63) is 93.4 Å². The average molecular weight is 505 g/mol. The van der Waals surface area contributed by atoms with Crippen molar-refractivity contribution in [2.75, 3.05) is 6.79 Å². The molecule has 37 heavy (non-hydrogen) atoms. The number of carbonyl (C=O) groups is 2. The fourth-order valence-electron chi connectivity index (χ4n) is 4.61. The predicted molar refractivity (Wildman–Crippen MR) is 139 cm³/mol. The van der Waals surface area contributed by atoms with Crippen molar-refractivity contribution < 1.29 is 24.2 Å². The van der Waals surface area contributed by atoms with Crippen molar-refractivity contribution in [3.8, 4) is 11.5 Å². The van der Waals surface area contributed by atoms with Crippen LogP contribution in [0, 0.1) is 6.92 Å². The summed E-state index contributed by atoms with van der Waals surface area (Å²) in [5.74, 6) is -0.367. The molecule has 1 unspecified atom stereocenters. The lowest BCUT2D eigenvalue weighted by Gasteiger charge is -2.24. The molecule has 3 aromatic rings. The highest BCUT2D eigenvalue weighted by atomic mass is 16.7. The largest absolute Gasteiger partial charge is 0.481 e. The van der Waals surface area contributed by atoms with Crippen molar-refractivity contribution in [3.63, 3.8) is 0 Å². The van der Waals surface area contributed by atoms with E-state index in [4.69, 9.17) is 9.47 Å². The minimum absolute atomic E-state index is 0.0927. The molecule has 2 heterocycles. The van der Waals surface area contributed by atoms with Crippen LogP contribution in [-0.2, 0) is 16.0 Å². The number of carboxylic acids is 1.